The Morgan fingerprint density at radius 3 is 2.91 bits per heavy atom. The molecule has 2 heterocycles. The number of hydrogen-bond donors (Lipinski definition) is 1. The average molecular weight is 428 g/mol. The molecule has 1 N–H and O–H groups in total. The topological polar surface area (TPSA) is 82.2 Å². The summed E-state index contributed by atoms with van der Waals surface area (Å²) >= 11 is 0. The molecule has 32 heavy (non-hydrogen) atoms. The zero-order valence-corrected chi connectivity index (χ0v) is 17.8. The summed E-state index contributed by atoms with van der Waals surface area (Å²) < 4.78 is 12.7. The first-order valence-electron chi connectivity index (χ1n) is 10.7. The molecule has 0 aliphatic heterocycles. The van der Waals surface area contributed by atoms with Crippen LogP contribution < -0.4 is 10.1 Å². The number of carbonyl (C=O) groups excluding carboxylic acids is 1. The molecule has 1 aliphatic carbocycles. The lowest BCUT2D eigenvalue weighted by Crippen LogP contribution is -2.31. The van der Waals surface area contributed by atoms with Crippen LogP contribution in [0.2, 0.25) is 0 Å². The van der Waals surface area contributed by atoms with Crippen molar-refractivity contribution in [2.75, 3.05) is 7.11 Å². The van der Waals surface area contributed by atoms with Gasteiger partial charge in [-0.05, 0) is 37.0 Å². The zero-order chi connectivity index (χ0) is 21.9. The fourth-order valence-corrected chi connectivity index (χ4v) is 4.19. The largest absolute Gasteiger partial charge is 0.497 e. The van der Waals surface area contributed by atoms with Gasteiger partial charge in [0.1, 0.15) is 5.75 Å². The van der Waals surface area contributed by atoms with E-state index in [9.17, 15) is 4.79 Å². The van der Waals surface area contributed by atoms with Crippen molar-refractivity contribution < 1.29 is 14.1 Å². The van der Waals surface area contributed by atoms with E-state index in [1.807, 2.05) is 53.3 Å². The van der Waals surface area contributed by atoms with E-state index in [1.54, 1.807) is 13.2 Å². The Morgan fingerprint density at radius 1 is 1.19 bits per heavy atom. The molecule has 1 amide bonds. The van der Waals surface area contributed by atoms with Crippen molar-refractivity contribution in [2.24, 2.45) is 0 Å². The maximum absolute atomic E-state index is 12.9. The van der Waals surface area contributed by atoms with Gasteiger partial charge in [0, 0.05) is 22.9 Å². The van der Waals surface area contributed by atoms with E-state index in [-0.39, 0.29) is 17.6 Å². The Balaban J connectivity index is 1.31. The first-order valence-corrected chi connectivity index (χ1v) is 10.7. The van der Waals surface area contributed by atoms with Gasteiger partial charge in [0.05, 0.1) is 25.9 Å². The fraction of sp³-hybridized carbons (Fsp3) is 0.240. The number of rotatable bonds is 6. The fourth-order valence-electron chi connectivity index (χ4n) is 4.19. The van der Waals surface area contributed by atoms with Crippen LogP contribution in [0.3, 0.4) is 0 Å². The molecule has 0 saturated carbocycles. The minimum absolute atomic E-state index is 0.0901. The van der Waals surface area contributed by atoms with Gasteiger partial charge >= 0.3 is 0 Å². The standard InChI is InChI=1S/C25H24N4O3/c1-31-19-10-5-9-18(13-19)24-14-22(28-32-24)25(30)27-21-11-6-12-23-20(21)15-26-29(23)16-17-7-3-2-4-8-17/h2-5,7-10,13-15,21H,6,11-12,16H2,1H3,(H,27,30)/t21-/m0/s1. The van der Waals surface area contributed by atoms with Gasteiger partial charge < -0.3 is 14.6 Å². The van der Waals surface area contributed by atoms with E-state index >= 15 is 0 Å². The molecule has 0 unspecified atom stereocenters. The number of amides is 1. The molecular formula is C25H24N4O3. The van der Waals surface area contributed by atoms with Gasteiger partial charge in [-0.2, -0.15) is 5.10 Å². The molecule has 0 spiro atoms. The molecular weight excluding hydrogens is 404 g/mol. The van der Waals surface area contributed by atoms with Crippen LogP contribution in [0, 0.1) is 0 Å². The monoisotopic (exact) mass is 428 g/mol. The number of aromatic nitrogens is 3. The van der Waals surface area contributed by atoms with Gasteiger partial charge in [-0.25, -0.2) is 0 Å². The molecule has 162 valence electrons. The van der Waals surface area contributed by atoms with Crippen LogP contribution in [-0.4, -0.2) is 28.0 Å². The summed E-state index contributed by atoms with van der Waals surface area (Å²) in [7, 11) is 1.61. The Labute approximate surface area is 186 Å². The number of ether oxygens (including phenoxy) is 1. The lowest BCUT2D eigenvalue weighted by atomic mass is 9.92. The number of methoxy groups -OCH3 is 1. The first-order chi connectivity index (χ1) is 15.7. The van der Waals surface area contributed by atoms with Gasteiger partial charge in [-0.3, -0.25) is 9.48 Å². The van der Waals surface area contributed by atoms with Crippen molar-refractivity contribution in [3.05, 3.63) is 89.4 Å². The zero-order valence-electron chi connectivity index (χ0n) is 17.8. The predicted molar refractivity (Wildman–Crippen MR) is 119 cm³/mol. The van der Waals surface area contributed by atoms with Crippen LogP contribution in [0.15, 0.2) is 71.4 Å². The number of fused-ring (bicyclic) bond motifs is 1. The minimum atomic E-state index is -0.253. The molecule has 4 aromatic rings. The van der Waals surface area contributed by atoms with E-state index in [1.165, 1.54) is 11.3 Å². The normalized spacial score (nSPS) is 15.2. The maximum Gasteiger partial charge on any atom is 0.273 e. The smallest absolute Gasteiger partial charge is 0.273 e. The van der Waals surface area contributed by atoms with Gasteiger partial charge in [0.2, 0.25) is 0 Å². The second-order valence-electron chi connectivity index (χ2n) is 7.92. The van der Waals surface area contributed by atoms with Crippen molar-refractivity contribution in [3.8, 4) is 17.1 Å². The lowest BCUT2D eigenvalue weighted by Gasteiger charge is -2.24. The van der Waals surface area contributed by atoms with Crippen molar-refractivity contribution in [3.63, 3.8) is 0 Å². The van der Waals surface area contributed by atoms with Crippen molar-refractivity contribution in [2.45, 2.75) is 31.8 Å². The predicted octanol–water partition coefficient (Wildman–Crippen LogP) is 4.40. The van der Waals surface area contributed by atoms with Gasteiger partial charge in [0.25, 0.3) is 5.91 Å². The van der Waals surface area contributed by atoms with Gasteiger partial charge in [-0.15, -0.1) is 0 Å². The summed E-state index contributed by atoms with van der Waals surface area (Å²) in [6.07, 6.45) is 4.70. The third-order valence-electron chi connectivity index (χ3n) is 5.84. The van der Waals surface area contributed by atoms with E-state index in [0.29, 0.717) is 11.5 Å². The van der Waals surface area contributed by atoms with Crippen LogP contribution in [0.4, 0.5) is 0 Å². The molecule has 1 aliphatic rings. The van der Waals surface area contributed by atoms with E-state index in [4.69, 9.17) is 9.26 Å². The van der Waals surface area contributed by atoms with Crippen molar-refractivity contribution >= 4 is 5.91 Å². The van der Waals surface area contributed by atoms with Gasteiger partial charge in [-0.1, -0.05) is 47.6 Å². The van der Waals surface area contributed by atoms with Gasteiger partial charge in [0.15, 0.2) is 11.5 Å². The number of nitrogens with one attached hydrogen (secondary N) is 1. The Bertz CT molecular complexity index is 1230. The van der Waals surface area contributed by atoms with Crippen LogP contribution in [0.1, 0.15) is 46.2 Å². The van der Waals surface area contributed by atoms with E-state index in [2.05, 4.69) is 27.7 Å². The second kappa shape index (κ2) is 8.70. The van der Waals surface area contributed by atoms with Crippen LogP contribution in [0.25, 0.3) is 11.3 Å². The maximum atomic E-state index is 12.9. The highest BCUT2D eigenvalue weighted by atomic mass is 16.5. The Kier molecular flexibility index (Phi) is 5.46. The highest BCUT2D eigenvalue weighted by Crippen LogP contribution is 2.31. The highest BCUT2D eigenvalue weighted by molar-refractivity contribution is 5.93. The molecule has 0 saturated heterocycles. The number of carbonyl (C=O) groups is 1. The third kappa shape index (κ3) is 4.01. The minimum Gasteiger partial charge on any atom is -0.497 e. The van der Waals surface area contributed by atoms with Crippen LogP contribution in [0.5, 0.6) is 5.75 Å². The molecule has 0 fully saturated rings. The second-order valence-corrected chi connectivity index (χ2v) is 7.92. The average Bonchev–Trinajstić information content (AvgIpc) is 3.49. The Hall–Kier alpha value is -3.87. The summed E-state index contributed by atoms with van der Waals surface area (Å²) in [6, 6.07) is 19.3. The molecule has 7 nitrogen and oxygen atoms in total. The molecule has 0 radical (unpaired) electrons. The third-order valence-corrected chi connectivity index (χ3v) is 5.84. The highest BCUT2D eigenvalue weighted by Gasteiger charge is 2.27. The summed E-state index contributed by atoms with van der Waals surface area (Å²) in [5.74, 6) is 0.984. The molecule has 0 bridgehead atoms. The molecule has 2 aromatic heterocycles. The summed E-state index contributed by atoms with van der Waals surface area (Å²) in [5, 5.41) is 11.7. The summed E-state index contributed by atoms with van der Waals surface area (Å²) in [6.45, 7) is 0.726. The van der Waals surface area contributed by atoms with E-state index < -0.39 is 0 Å². The number of benzene rings is 2. The van der Waals surface area contributed by atoms with Crippen molar-refractivity contribution in [1.29, 1.82) is 0 Å². The lowest BCUT2D eigenvalue weighted by molar-refractivity contribution is 0.0923. The summed E-state index contributed by atoms with van der Waals surface area (Å²) in [5.41, 5.74) is 4.53. The van der Waals surface area contributed by atoms with E-state index in [0.717, 1.165) is 36.9 Å². The first kappa shape index (κ1) is 20.1. The summed E-state index contributed by atoms with van der Waals surface area (Å²) in [4.78, 5) is 12.9. The SMILES string of the molecule is COc1cccc(-c2cc(C(=O)N[C@H]3CCCc4c3cnn4Cc3ccccc3)no2)c1. The Morgan fingerprint density at radius 2 is 2.06 bits per heavy atom. The van der Waals surface area contributed by atoms with Crippen molar-refractivity contribution in [1.82, 2.24) is 20.3 Å². The molecule has 2 aromatic carbocycles. The van der Waals surface area contributed by atoms with Crippen LogP contribution >= 0.6 is 0 Å². The number of nitrogens with zero attached hydrogens (tertiary/aromatic N) is 3. The molecule has 1 atom stereocenters. The van der Waals surface area contributed by atoms with Crippen LogP contribution in [-0.2, 0) is 13.0 Å². The molecule has 5 rings (SSSR count). The molecule has 7 heteroatoms. The number of hydrogen-bond acceptors (Lipinski definition) is 5. The quantitative estimate of drug-likeness (QED) is 0.492.